The Bertz CT molecular complexity index is 1030. The summed E-state index contributed by atoms with van der Waals surface area (Å²) in [6.07, 6.45) is -2.02. The number of carbonyl (C=O) groups is 2. The summed E-state index contributed by atoms with van der Waals surface area (Å²) in [7, 11) is 0. The molecule has 0 saturated heterocycles. The maximum absolute atomic E-state index is 13.1. The number of alkyl halides is 3. The minimum atomic E-state index is -4.60. The molecule has 3 aromatic rings. The van der Waals surface area contributed by atoms with Crippen molar-refractivity contribution in [1.29, 1.82) is 0 Å². The van der Waals surface area contributed by atoms with Crippen molar-refractivity contribution < 1.29 is 31.9 Å². The van der Waals surface area contributed by atoms with Crippen molar-refractivity contribution in [3.8, 4) is 0 Å². The molecule has 0 spiro atoms. The average molecular weight is 416 g/mol. The monoisotopic (exact) mass is 416 g/mol. The lowest BCUT2D eigenvalue weighted by Gasteiger charge is -2.18. The van der Waals surface area contributed by atoms with Gasteiger partial charge in [0.1, 0.15) is 0 Å². The lowest BCUT2D eigenvalue weighted by atomic mass is 10.2. The van der Waals surface area contributed by atoms with Crippen molar-refractivity contribution in [2.75, 3.05) is 11.6 Å². The minimum Gasteiger partial charge on any atom is -0.457 e. The second-order valence-electron chi connectivity index (χ2n) is 5.96. The number of hydrogen-bond acceptors (Lipinski definition) is 5. The second-order valence-corrected chi connectivity index (χ2v) is 5.96. The zero-order valence-corrected chi connectivity index (χ0v) is 15.4. The number of hydrogen-bond donors (Lipinski definition) is 0. The number of amides is 1. The lowest BCUT2D eigenvalue weighted by molar-refractivity contribution is -0.137. The first-order valence-corrected chi connectivity index (χ1v) is 8.64. The molecule has 0 unspecified atom stereocenters. The van der Waals surface area contributed by atoms with Crippen molar-refractivity contribution in [3.63, 3.8) is 0 Å². The maximum atomic E-state index is 13.1. The average Bonchev–Trinajstić information content (AvgIpc) is 3.27. The number of rotatable bonds is 6. The number of hydrazone groups is 1. The van der Waals surface area contributed by atoms with Gasteiger partial charge in [-0.1, -0.05) is 36.4 Å². The van der Waals surface area contributed by atoms with Gasteiger partial charge < -0.3 is 9.15 Å². The number of carbonyl (C=O) groups excluding carboxylic acids is 2. The van der Waals surface area contributed by atoms with Crippen LogP contribution < -0.4 is 5.01 Å². The molecule has 1 heterocycles. The van der Waals surface area contributed by atoms with Crippen molar-refractivity contribution in [2.45, 2.75) is 6.18 Å². The van der Waals surface area contributed by atoms with Crippen LogP contribution in [0.1, 0.15) is 21.7 Å². The molecule has 0 aliphatic carbocycles. The van der Waals surface area contributed by atoms with E-state index >= 15 is 0 Å². The van der Waals surface area contributed by atoms with Crippen LogP contribution in [0.5, 0.6) is 0 Å². The van der Waals surface area contributed by atoms with E-state index in [-0.39, 0.29) is 11.4 Å². The number of halogens is 3. The van der Waals surface area contributed by atoms with Gasteiger partial charge in [-0.05, 0) is 35.9 Å². The Morgan fingerprint density at radius 1 is 1.03 bits per heavy atom. The molecule has 30 heavy (non-hydrogen) atoms. The molecule has 0 atom stereocenters. The first-order chi connectivity index (χ1) is 14.3. The largest absolute Gasteiger partial charge is 0.457 e. The molecule has 9 heteroatoms. The van der Waals surface area contributed by atoms with Gasteiger partial charge in [0, 0.05) is 0 Å². The molecule has 0 bridgehead atoms. The number of furan rings is 1. The van der Waals surface area contributed by atoms with E-state index in [1.807, 2.05) is 0 Å². The molecular weight excluding hydrogens is 401 g/mol. The first kappa shape index (κ1) is 20.8. The smallest absolute Gasteiger partial charge is 0.416 e. The molecule has 154 valence electrons. The van der Waals surface area contributed by atoms with E-state index in [4.69, 9.17) is 9.15 Å². The standard InChI is InChI=1S/C21H15F3N2O4/c22-21(23,24)16-8-4-9-17(12-16)26(25-13-15-6-2-1-3-7-15)19(27)14-30-20(28)18-10-5-11-29-18/h1-13H,14H2/b25-13+. The molecule has 1 amide bonds. The fraction of sp³-hybridized carbons (Fsp3) is 0.0952. The summed E-state index contributed by atoms with van der Waals surface area (Å²) in [6, 6.07) is 15.6. The normalized spacial score (nSPS) is 11.4. The van der Waals surface area contributed by atoms with Gasteiger partial charge in [-0.25, -0.2) is 4.79 Å². The minimum absolute atomic E-state index is 0.110. The Balaban J connectivity index is 1.84. The van der Waals surface area contributed by atoms with Crippen LogP contribution in [0, 0.1) is 0 Å². The van der Waals surface area contributed by atoms with Crippen LogP contribution >= 0.6 is 0 Å². The quantitative estimate of drug-likeness (QED) is 0.336. The third-order valence-electron chi connectivity index (χ3n) is 3.83. The van der Waals surface area contributed by atoms with Gasteiger partial charge in [-0.3, -0.25) is 4.79 Å². The van der Waals surface area contributed by atoms with Gasteiger partial charge in [0.2, 0.25) is 5.76 Å². The van der Waals surface area contributed by atoms with Crippen LogP contribution in [0.25, 0.3) is 0 Å². The molecule has 6 nitrogen and oxygen atoms in total. The highest BCUT2D eigenvalue weighted by Crippen LogP contribution is 2.31. The first-order valence-electron chi connectivity index (χ1n) is 8.64. The Morgan fingerprint density at radius 3 is 2.47 bits per heavy atom. The predicted molar refractivity (Wildman–Crippen MR) is 102 cm³/mol. The van der Waals surface area contributed by atoms with Crippen molar-refractivity contribution in [3.05, 3.63) is 89.9 Å². The Hall–Kier alpha value is -3.88. The zero-order chi connectivity index (χ0) is 21.6. The molecule has 0 saturated carbocycles. The van der Waals surface area contributed by atoms with E-state index < -0.39 is 30.2 Å². The van der Waals surface area contributed by atoms with Gasteiger partial charge in [-0.15, -0.1) is 0 Å². The van der Waals surface area contributed by atoms with E-state index in [0.29, 0.717) is 5.56 Å². The fourth-order valence-electron chi connectivity index (χ4n) is 2.41. The summed E-state index contributed by atoms with van der Waals surface area (Å²) < 4.78 is 49.0. The Labute approximate surface area is 169 Å². The second kappa shape index (κ2) is 9.08. The number of nitrogens with zero attached hydrogens (tertiary/aromatic N) is 2. The third kappa shape index (κ3) is 5.34. The van der Waals surface area contributed by atoms with Crippen LogP contribution in [0.4, 0.5) is 18.9 Å². The highest BCUT2D eigenvalue weighted by Gasteiger charge is 2.31. The summed E-state index contributed by atoms with van der Waals surface area (Å²) in [4.78, 5) is 24.5. The van der Waals surface area contributed by atoms with Gasteiger partial charge in [0.05, 0.1) is 23.7 Å². The summed E-state index contributed by atoms with van der Waals surface area (Å²) in [5.41, 5.74) is -0.453. The van der Waals surface area contributed by atoms with Crippen LogP contribution in [0.15, 0.2) is 82.5 Å². The van der Waals surface area contributed by atoms with Crippen molar-refractivity contribution in [2.24, 2.45) is 5.10 Å². The molecule has 3 rings (SSSR count). The number of benzene rings is 2. The van der Waals surface area contributed by atoms with E-state index in [0.717, 1.165) is 23.2 Å². The number of anilines is 1. The maximum Gasteiger partial charge on any atom is 0.416 e. The summed E-state index contributed by atoms with van der Waals surface area (Å²) >= 11 is 0. The molecule has 0 radical (unpaired) electrons. The van der Waals surface area contributed by atoms with Crippen LogP contribution in [-0.2, 0) is 15.7 Å². The molecular formula is C21H15F3N2O4. The molecule has 2 aromatic carbocycles. The van der Waals surface area contributed by atoms with Crippen LogP contribution in [-0.4, -0.2) is 24.7 Å². The summed E-state index contributed by atoms with van der Waals surface area (Å²) in [6.45, 7) is -0.748. The van der Waals surface area contributed by atoms with Crippen LogP contribution in [0.3, 0.4) is 0 Å². The number of ether oxygens (including phenoxy) is 1. The topological polar surface area (TPSA) is 72.1 Å². The summed E-state index contributed by atoms with van der Waals surface area (Å²) in [5.74, 6) is -1.84. The molecule has 0 N–H and O–H groups in total. The zero-order valence-electron chi connectivity index (χ0n) is 15.4. The lowest BCUT2D eigenvalue weighted by Crippen LogP contribution is -2.31. The van der Waals surface area contributed by atoms with E-state index in [1.165, 1.54) is 30.7 Å². The fourth-order valence-corrected chi connectivity index (χ4v) is 2.41. The van der Waals surface area contributed by atoms with Crippen LogP contribution in [0.2, 0.25) is 0 Å². The Kier molecular flexibility index (Phi) is 6.31. The van der Waals surface area contributed by atoms with Gasteiger partial charge in [0.15, 0.2) is 6.61 Å². The number of esters is 1. The predicted octanol–water partition coefficient (Wildman–Crippen LogP) is 4.52. The summed E-state index contributed by atoms with van der Waals surface area (Å²) in [5, 5.41) is 4.75. The highest BCUT2D eigenvalue weighted by molar-refractivity contribution is 5.97. The highest BCUT2D eigenvalue weighted by atomic mass is 19.4. The molecule has 0 aliphatic rings. The van der Waals surface area contributed by atoms with E-state index in [9.17, 15) is 22.8 Å². The van der Waals surface area contributed by atoms with Crippen molar-refractivity contribution in [1.82, 2.24) is 0 Å². The third-order valence-corrected chi connectivity index (χ3v) is 3.83. The van der Waals surface area contributed by atoms with Crippen molar-refractivity contribution >= 4 is 23.8 Å². The molecule has 0 fully saturated rings. The van der Waals surface area contributed by atoms with Gasteiger partial charge in [0.25, 0.3) is 5.91 Å². The van der Waals surface area contributed by atoms with E-state index in [2.05, 4.69) is 5.10 Å². The van der Waals surface area contributed by atoms with Gasteiger partial charge in [-0.2, -0.15) is 23.3 Å². The van der Waals surface area contributed by atoms with Gasteiger partial charge >= 0.3 is 12.1 Å². The molecule has 1 aromatic heterocycles. The SMILES string of the molecule is O=C(OCC(=O)N(/N=C/c1ccccc1)c1cccc(C(F)(F)F)c1)c1ccco1. The van der Waals surface area contributed by atoms with E-state index in [1.54, 1.807) is 30.3 Å². The Morgan fingerprint density at radius 2 is 1.80 bits per heavy atom. The molecule has 0 aliphatic heterocycles.